The number of hydrogen-bond acceptors (Lipinski definition) is 3. The Hall–Kier alpha value is -2.40. The van der Waals surface area contributed by atoms with Crippen LogP contribution in [0.15, 0.2) is 90.8 Å². The second-order valence-corrected chi connectivity index (χ2v) is 11.1. The molecule has 7 heteroatoms. The van der Waals surface area contributed by atoms with E-state index in [4.69, 9.17) is 0 Å². The molecule has 0 aromatic heterocycles. The van der Waals surface area contributed by atoms with Gasteiger partial charge in [0.25, 0.3) is 10.0 Å². The third-order valence-electron chi connectivity index (χ3n) is 4.04. The van der Waals surface area contributed by atoms with Gasteiger partial charge in [-0.1, -0.05) is 61.0 Å². The van der Waals surface area contributed by atoms with Crippen molar-refractivity contribution in [3.8, 4) is 11.2 Å². The maximum atomic E-state index is 13.7. The van der Waals surface area contributed by atoms with E-state index in [0.29, 0.717) is 5.56 Å². The first kappa shape index (κ1) is 21.3. The fraction of sp³-hybridized carbons (Fsp3) is 0.0909. The van der Waals surface area contributed by atoms with Gasteiger partial charge >= 0.3 is 0 Å². The largest absolute Gasteiger partial charge is 0.291 e. The molecule has 0 bridgehead atoms. The van der Waals surface area contributed by atoms with Crippen LogP contribution in [0.3, 0.4) is 0 Å². The van der Waals surface area contributed by atoms with E-state index < -0.39 is 19.8 Å². The molecule has 0 N–H and O–H groups in total. The molecule has 0 spiro atoms. The third kappa shape index (κ3) is 5.36. The molecule has 0 amide bonds. The van der Waals surface area contributed by atoms with Crippen LogP contribution in [0.1, 0.15) is 16.7 Å². The van der Waals surface area contributed by atoms with E-state index in [1.807, 2.05) is 13.8 Å². The van der Waals surface area contributed by atoms with Crippen molar-refractivity contribution >= 4 is 35.7 Å². The average molecular weight is 488 g/mol. The first-order valence-electron chi connectivity index (χ1n) is 8.63. The predicted octanol–water partition coefficient (Wildman–Crippen LogP) is 5.29. The van der Waals surface area contributed by atoms with Crippen LogP contribution in [0, 0.1) is 25.0 Å². The minimum absolute atomic E-state index is 0.0200. The van der Waals surface area contributed by atoms with E-state index in [-0.39, 0.29) is 9.79 Å². The highest BCUT2D eigenvalue weighted by atomic mass is 79.9. The van der Waals surface area contributed by atoms with Crippen molar-refractivity contribution in [2.75, 3.05) is 0 Å². The fourth-order valence-corrected chi connectivity index (χ4v) is 5.96. The minimum atomic E-state index is -4.16. The van der Waals surface area contributed by atoms with Gasteiger partial charge in [0, 0.05) is 15.3 Å². The number of hydrogen-bond donors (Lipinski definition) is 0. The second-order valence-electron chi connectivity index (χ2n) is 6.44. The van der Waals surface area contributed by atoms with E-state index >= 15 is 0 Å². The summed E-state index contributed by atoms with van der Waals surface area (Å²) in [7, 11) is -7.71. The molecule has 0 fully saturated rings. The Morgan fingerprint density at radius 2 is 1.21 bits per heavy atom. The molecule has 0 aliphatic carbocycles. The molecule has 0 radical (unpaired) electrons. The Balaban J connectivity index is 2.19. The lowest BCUT2D eigenvalue weighted by atomic mass is 10.2. The Labute approximate surface area is 180 Å². The number of halogens is 1. The maximum absolute atomic E-state index is 13.7. The summed E-state index contributed by atoms with van der Waals surface area (Å²) < 4.78 is 44.0. The molecule has 0 aliphatic rings. The van der Waals surface area contributed by atoms with Gasteiger partial charge in [0.1, 0.15) is 0 Å². The van der Waals surface area contributed by atoms with Crippen LogP contribution in [-0.2, 0) is 19.8 Å². The molecule has 148 valence electrons. The summed E-state index contributed by atoms with van der Waals surface area (Å²) in [5, 5.41) is 2.62. The molecular formula is C22H18BrNO3S2. The second kappa shape index (κ2) is 8.54. The van der Waals surface area contributed by atoms with Gasteiger partial charge in [-0.2, -0.15) is 8.42 Å². The van der Waals surface area contributed by atoms with E-state index in [0.717, 1.165) is 15.6 Å². The normalized spacial score (nSPS) is 13.1. The van der Waals surface area contributed by atoms with Gasteiger partial charge in [0.2, 0.25) is 0 Å². The maximum Gasteiger partial charge on any atom is 0.291 e. The predicted molar refractivity (Wildman–Crippen MR) is 119 cm³/mol. The van der Waals surface area contributed by atoms with Crippen molar-refractivity contribution in [1.29, 1.82) is 0 Å². The van der Waals surface area contributed by atoms with E-state index in [1.54, 1.807) is 60.7 Å². The summed E-state index contributed by atoms with van der Waals surface area (Å²) in [4.78, 5) is 0.233. The van der Waals surface area contributed by atoms with Crippen LogP contribution < -0.4 is 0 Å². The Bertz CT molecular complexity index is 1310. The highest BCUT2D eigenvalue weighted by molar-refractivity contribution is 9.10. The van der Waals surface area contributed by atoms with Crippen molar-refractivity contribution < 1.29 is 12.6 Å². The van der Waals surface area contributed by atoms with Crippen LogP contribution in [0.2, 0.25) is 0 Å². The number of nitrogens with zero attached hydrogens (tertiary/aromatic N) is 1. The zero-order chi connectivity index (χ0) is 21.1. The van der Waals surface area contributed by atoms with Gasteiger partial charge in [-0.3, -0.25) is 0 Å². The molecule has 1 unspecified atom stereocenters. The summed E-state index contributed by atoms with van der Waals surface area (Å²) in [6.07, 6.45) is 0. The van der Waals surface area contributed by atoms with Crippen molar-refractivity contribution in [3.63, 3.8) is 0 Å². The number of aryl methyl sites for hydroxylation is 2. The summed E-state index contributed by atoms with van der Waals surface area (Å²) >= 11 is 3.35. The molecule has 0 saturated heterocycles. The molecule has 29 heavy (non-hydrogen) atoms. The number of sulfonamides is 1. The minimum Gasteiger partial charge on any atom is -0.230 e. The smallest absolute Gasteiger partial charge is 0.230 e. The van der Waals surface area contributed by atoms with Gasteiger partial charge in [-0.25, -0.2) is 4.21 Å². The first-order chi connectivity index (χ1) is 13.7. The molecule has 1 atom stereocenters. The fourth-order valence-electron chi connectivity index (χ4n) is 2.40. The lowest BCUT2D eigenvalue weighted by Gasteiger charge is -2.05. The number of rotatable bonds is 3. The molecule has 3 rings (SSSR count). The van der Waals surface area contributed by atoms with Crippen LogP contribution in [-0.4, -0.2) is 12.6 Å². The molecule has 0 saturated carbocycles. The van der Waals surface area contributed by atoms with Gasteiger partial charge in [-0.15, -0.1) is 0 Å². The summed E-state index contributed by atoms with van der Waals surface area (Å²) in [5.41, 5.74) is 2.48. The van der Waals surface area contributed by atoms with Gasteiger partial charge < -0.3 is 0 Å². The zero-order valence-electron chi connectivity index (χ0n) is 15.8. The number of benzene rings is 3. The first-order valence-corrected chi connectivity index (χ1v) is 12.4. The molecular weight excluding hydrogens is 470 g/mol. The van der Waals surface area contributed by atoms with Gasteiger partial charge in [-0.05, 0) is 62.4 Å². The summed E-state index contributed by atoms with van der Waals surface area (Å²) in [5.74, 6) is 2.80. The Morgan fingerprint density at radius 1 is 0.724 bits per heavy atom. The Kier molecular flexibility index (Phi) is 6.27. The SMILES string of the molecule is Cc1ccc(S(=O)(=O)N=S(=O)(C#Cc2ccc(Br)cc2)c2ccc(C)cc2)cc1. The molecule has 0 aliphatic heterocycles. The Morgan fingerprint density at radius 3 is 1.72 bits per heavy atom. The van der Waals surface area contributed by atoms with Crippen molar-refractivity contribution in [1.82, 2.24) is 0 Å². The van der Waals surface area contributed by atoms with Crippen LogP contribution >= 0.6 is 15.9 Å². The topological polar surface area (TPSA) is 63.6 Å². The molecule has 3 aromatic carbocycles. The standard InChI is InChI=1S/C22H18BrNO3S2/c1-17-3-11-21(12-4-17)28(25,16-15-19-7-9-20(23)10-8-19)24-29(26,27)22-13-5-18(2)6-14-22/h3-14H,1-2H3. The highest BCUT2D eigenvalue weighted by Gasteiger charge is 2.19. The van der Waals surface area contributed by atoms with Crippen LogP contribution in [0.25, 0.3) is 0 Å². The highest BCUT2D eigenvalue weighted by Crippen LogP contribution is 2.21. The van der Waals surface area contributed by atoms with Crippen LogP contribution in [0.4, 0.5) is 0 Å². The van der Waals surface area contributed by atoms with Gasteiger partial charge in [0.05, 0.1) is 9.79 Å². The van der Waals surface area contributed by atoms with E-state index in [9.17, 15) is 12.6 Å². The van der Waals surface area contributed by atoms with E-state index in [1.165, 1.54) is 12.1 Å². The molecule has 3 aromatic rings. The van der Waals surface area contributed by atoms with E-state index in [2.05, 4.69) is 30.9 Å². The van der Waals surface area contributed by atoms with Crippen molar-refractivity contribution in [2.24, 2.45) is 3.77 Å². The average Bonchev–Trinajstić information content (AvgIpc) is 2.68. The van der Waals surface area contributed by atoms with Crippen molar-refractivity contribution in [3.05, 3.63) is 94.0 Å². The van der Waals surface area contributed by atoms with Crippen LogP contribution in [0.5, 0.6) is 0 Å². The van der Waals surface area contributed by atoms with Crippen molar-refractivity contribution in [2.45, 2.75) is 23.6 Å². The monoisotopic (exact) mass is 487 g/mol. The van der Waals surface area contributed by atoms with Gasteiger partial charge in [0.15, 0.2) is 9.73 Å². The lowest BCUT2D eigenvalue weighted by Crippen LogP contribution is -2.05. The molecule has 4 nitrogen and oxygen atoms in total. The summed E-state index contributed by atoms with van der Waals surface area (Å²) in [6.45, 7) is 3.74. The quantitative estimate of drug-likeness (QED) is 0.471. The third-order valence-corrected chi connectivity index (χ3v) is 8.35. The lowest BCUT2D eigenvalue weighted by molar-refractivity contribution is 0.598. The zero-order valence-corrected chi connectivity index (χ0v) is 19.0. The molecule has 0 heterocycles. The summed E-state index contributed by atoms with van der Waals surface area (Å²) in [6, 6.07) is 20.1.